The molecule has 0 aliphatic rings. The van der Waals surface area contributed by atoms with Gasteiger partial charge in [-0.05, 0) is 30.2 Å². The second-order valence-electron chi connectivity index (χ2n) is 5.25. The zero-order chi connectivity index (χ0) is 16.9. The number of pyridine rings is 1. The number of likely N-dealkylation sites (N-methyl/N-ethyl adjacent to an activating group) is 1. The molecule has 8 nitrogen and oxygen atoms in total. The fraction of sp³-hybridized carbons (Fsp3) is 0.188. The molecule has 0 amide bonds. The summed E-state index contributed by atoms with van der Waals surface area (Å²) in [5, 5.41) is 15.8. The van der Waals surface area contributed by atoms with E-state index < -0.39 is 5.97 Å². The van der Waals surface area contributed by atoms with Crippen LogP contribution in [0.1, 0.15) is 15.9 Å². The predicted molar refractivity (Wildman–Crippen MR) is 87.8 cm³/mol. The molecule has 0 radical (unpaired) electrons. The Kier molecular flexibility index (Phi) is 4.46. The molecule has 0 atom stereocenters. The Balaban J connectivity index is 1.78. The monoisotopic (exact) mass is 324 g/mol. The van der Waals surface area contributed by atoms with Crippen LogP contribution in [-0.4, -0.2) is 49.8 Å². The molecule has 3 heterocycles. The maximum absolute atomic E-state index is 11.1. The Morgan fingerprint density at radius 1 is 1.25 bits per heavy atom. The smallest absolute Gasteiger partial charge is 0.335 e. The molecule has 0 aliphatic carbocycles. The quantitative estimate of drug-likeness (QED) is 0.709. The minimum Gasteiger partial charge on any atom is -0.478 e. The van der Waals surface area contributed by atoms with Crippen LogP contribution in [0.2, 0.25) is 0 Å². The first-order valence-electron chi connectivity index (χ1n) is 7.35. The van der Waals surface area contributed by atoms with Gasteiger partial charge in [0.2, 0.25) is 5.95 Å². The van der Waals surface area contributed by atoms with E-state index in [2.05, 4.69) is 25.1 Å². The molecular weight excluding hydrogens is 308 g/mol. The van der Waals surface area contributed by atoms with E-state index in [1.54, 1.807) is 18.5 Å². The van der Waals surface area contributed by atoms with Gasteiger partial charge in [0.05, 0.1) is 23.1 Å². The number of carbonyl (C=O) groups is 1. The molecule has 3 aromatic rings. The Hall–Kier alpha value is -3.29. The fourth-order valence-corrected chi connectivity index (χ4v) is 2.19. The van der Waals surface area contributed by atoms with Crippen LogP contribution in [0.5, 0.6) is 0 Å². The number of hydrogen-bond acceptors (Lipinski definition) is 6. The molecule has 0 saturated carbocycles. The van der Waals surface area contributed by atoms with Crippen molar-refractivity contribution in [2.45, 2.75) is 6.42 Å². The largest absolute Gasteiger partial charge is 0.478 e. The molecule has 0 aromatic carbocycles. The minimum atomic E-state index is -0.995. The maximum Gasteiger partial charge on any atom is 0.335 e. The van der Waals surface area contributed by atoms with E-state index in [1.807, 2.05) is 18.1 Å². The Labute approximate surface area is 138 Å². The van der Waals surface area contributed by atoms with Crippen molar-refractivity contribution in [3.8, 4) is 11.4 Å². The molecule has 0 unspecified atom stereocenters. The first-order valence-corrected chi connectivity index (χ1v) is 7.35. The van der Waals surface area contributed by atoms with Gasteiger partial charge in [0.15, 0.2) is 0 Å². The van der Waals surface area contributed by atoms with Crippen molar-refractivity contribution in [2.24, 2.45) is 0 Å². The molecule has 0 bridgehead atoms. The molecule has 0 fully saturated rings. The molecule has 3 aromatic heterocycles. The van der Waals surface area contributed by atoms with E-state index >= 15 is 0 Å². The molecule has 8 heteroatoms. The summed E-state index contributed by atoms with van der Waals surface area (Å²) in [6, 6.07) is 4.66. The number of carboxylic acid groups (broad SMARTS) is 1. The number of nitrogens with one attached hydrogen (secondary N) is 1. The van der Waals surface area contributed by atoms with E-state index in [0.29, 0.717) is 17.3 Å². The summed E-state index contributed by atoms with van der Waals surface area (Å²) in [7, 11) is 1.90. The van der Waals surface area contributed by atoms with E-state index in [-0.39, 0.29) is 5.56 Å². The number of rotatable bonds is 6. The van der Waals surface area contributed by atoms with Crippen LogP contribution in [-0.2, 0) is 6.42 Å². The molecule has 2 N–H and O–H groups in total. The zero-order valence-corrected chi connectivity index (χ0v) is 13.0. The number of anilines is 1. The van der Waals surface area contributed by atoms with Gasteiger partial charge in [-0.15, -0.1) is 0 Å². The van der Waals surface area contributed by atoms with Crippen LogP contribution >= 0.6 is 0 Å². The van der Waals surface area contributed by atoms with Crippen LogP contribution in [0, 0.1) is 0 Å². The van der Waals surface area contributed by atoms with Crippen molar-refractivity contribution in [1.29, 1.82) is 0 Å². The standard InChI is InChI=1S/C16H16N6O2/c1-22(7-4-11-9-19-20-10-11)16-18-6-3-13(21-16)14-8-12(15(23)24)2-5-17-14/h2-3,5-6,8-10H,4,7H2,1H3,(H,19,20)(H,23,24). The van der Waals surface area contributed by atoms with E-state index in [4.69, 9.17) is 5.11 Å². The van der Waals surface area contributed by atoms with Crippen LogP contribution < -0.4 is 4.90 Å². The SMILES string of the molecule is CN(CCc1cn[nH]c1)c1nccc(-c2cc(C(=O)O)ccn2)n1. The third-order valence-electron chi connectivity index (χ3n) is 3.54. The van der Waals surface area contributed by atoms with Gasteiger partial charge in [-0.25, -0.2) is 14.8 Å². The van der Waals surface area contributed by atoms with Crippen molar-refractivity contribution in [3.05, 3.63) is 54.1 Å². The molecule has 0 aliphatic heterocycles. The highest BCUT2D eigenvalue weighted by molar-refractivity contribution is 5.88. The zero-order valence-electron chi connectivity index (χ0n) is 13.0. The van der Waals surface area contributed by atoms with E-state index in [9.17, 15) is 4.79 Å². The van der Waals surface area contributed by atoms with Gasteiger partial charge in [0.1, 0.15) is 0 Å². The lowest BCUT2D eigenvalue weighted by Gasteiger charge is -2.16. The number of aromatic carboxylic acids is 1. The second-order valence-corrected chi connectivity index (χ2v) is 5.25. The number of H-pyrrole nitrogens is 1. The van der Waals surface area contributed by atoms with Gasteiger partial charge in [0, 0.05) is 32.2 Å². The molecule has 122 valence electrons. The first kappa shape index (κ1) is 15.6. The van der Waals surface area contributed by atoms with Gasteiger partial charge in [0.25, 0.3) is 0 Å². The summed E-state index contributed by atoms with van der Waals surface area (Å²) in [5.74, 6) is -0.441. The van der Waals surface area contributed by atoms with Gasteiger partial charge in [-0.1, -0.05) is 0 Å². The molecule has 3 rings (SSSR count). The van der Waals surface area contributed by atoms with Crippen LogP contribution in [0.4, 0.5) is 5.95 Å². The highest BCUT2D eigenvalue weighted by atomic mass is 16.4. The van der Waals surface area contributed by atoms with E-state index in [1.165, 1.54) is 18.3 Å². The van der Waals surface area contributed by atoms with Gasteiger partial charge in [-0.3, -0.25) is 10.1 Å². The topological polar surface area (TPSA) is 108 Å². The Bertz CT molecular complexity index is 834. The van der Waals surface area contributed by atoms with Crippen LogP contribution in [0.3, 0.4) is 0 Å². The molecule has 0 spiro atoms. The Morgan fingerprint density at radius 3 is 2.83 bits per heavy atom. The average molecular weight is 324 g/mol. The van der Waals surface area contributed by atoms with Crippen LogP contribution in [0.15, 0.2) is 43.0 Å². The number of carboxylic acids is 1. The molecule has 24 heavy (non-hydrogen) atoms. The summed E-state index contributed by atoms with van der Waals surface area (Å²) >= 11 is 0. The maximum atomic E-state index is 11.1. The normalized spacial score (nSPS) is 10.5. The minimum absolute atomic E-state index is 0.175. The van der Waals surface area contributed by atoms with Crippen molar-refractivity contribution in [1.82, 2.24) is 25.1 Å². The van der Waals surface area contributed by atoms with E-state index in [0.717, 1.165) is 18.5 Å². The lowest BCUT2D eigenvalue weighted by Crippen LogP contribution is -2.22. The lowest BCUT2D eigenvalue weighted by atomic mass is 10.2. The summed E-state index contributed by atoms with van der Waals surface area (Å²) in [4.78, 5) is 26.0. The highest BCUT2D eigenvalue weighted by Gasteiger charge is 2.10. The first-order chi connectivity index (χ1) is 11.6. The summed E-state index contributed by atoms with van der Waals surface area (Å²) in [6.45, 7) is 0.728. The third kappa shape index (κ3) is 3.54. The molecular formula is C16H16N6O2. The van der Waals surface area contributed by atoms with Crippen molar-refractivity contribution < 1.29 is 9.90 Å². The third-order valence-corrected chi connectivity index (χ3v) is 3.54. The predicted octanol–water partition coefficient (Wildman–Crippen LogP) is 1.64. The van der Waals surface area contributed by atoms with Crippen LogP contribution in [0.25, 0.3) is 11.4 Å². The van der Waals surface area contributed by atoms with Crippen molar-refractivity contribution in [2.75, 3.05) is 18.5 Å². The number of aromatic nitrogens is 5. The summed E-state index contributed by atoms with van der Waals surface area (Å²) in [5.41, 5.74) is 2.36. The lowest BCUT2D eigenvalue weighted by molar-refractivity contribution is 0.0697. The number of aromatic amines is 1. The van der Waals surface area contributed by atoms with Gasteiger partial charge >= 0.3 is 5.97 Å². The molecule has 0 saturated heterocycles. The van der Waals surface area contributed by atoms with Crippen molar-refractivity contribution >= 4 is 11.9 Å². The van der Waals surface area contributed by atoms with Crippen molar-refractivity contribution in [3.63, 3.8) is 0 Å². The van der Waals surface area contributed by atoms with Gasteiger partial charge < -0.3 is 10.0 Å². The Morgan fingerprint density at radius 2 is 2.08 bits per heavy atom. The second kappa shape index (κ2) is 6.86. The fourth-order valence-electron chi connectivity index (χ4n) is 2.19. The number of nitrogens with zero attached hydrogens (tertiary/aromatic N) is 5. The summed E-state index contributed by atoms with van der Waals surface area (Å²) in [6.07, 6.45) is 7.55. The average Bonchev–Trinajstić information content (AvgIpc) is 3.13. The van der Waals surface area contributed by atoms with Gasteiger partial charge in [-0.2, -0.15) is 5.10 Å². The summed E-state index contributed by atoms with van der Waals surface area (Å²) < 4.78 is 0. The highest BCUT2D eigenvalue weighted by Crippen LogP contribution is 2.17. The number of hydrogen-bond donors (Lipinski definition) is 2.